The van der Waals surface area contributed by atoms with Crippen LogP contribution in [0.5, 0.6) is 0 Å². The number of carbonyl (C=O) groups is 2. The first kappa shape index (κ1) is 25.9. The summed E-state index contributed by atoms with van der Waals surface area (Å²) >= 11 is 3.33. The third-order valence-electron chi connectivity index (χ3n) is 5.35. The van der Waals surface area contributed by atoms with Crippen LogP contribution in [0.3, 0.4) is 0 Å². The molecule has 0 bridgehead atoms. The molecule has 0 fully saturated rings. The molecule has 0 saturated carbocycles. The molecule has 0 heterocycles. The Kier molecular flexibility index (Phi) is 15.8. The molecule has 0 saturated heterocycles. The molecule has 1 N–H and O–H groups in total. The molecular formula is C25H40BrNO2. The minimum absolute atomic E-state index is 0.176. The van der Waals surface area contributed by atoms with E-state index < -0.39 is 0 Å². The van der Waals surface area contributed by atoms with Crippen molar-refractivity contribution in [3.63, 3.8) is 0 Å². The van der Waals surface area contributed by atoms with Crippen molar-refractivity contribution in [2.24, 2.45) is 0 Å². The molecule has 4 heteroatoms. The Bertz CT molecular complexity index is 574. The summed E-state index contributed by atoms with van der Waals surface area (Å²) in [7, 11) is 0. The van der Waals surface area contributed by atoms with Crippen LogP contribution in [0.1, 0.15) is 120 Å². The Balaban J connectivity index is 1.88. The van der Waals surface area contributed by atoms with E-state index in [2.05, 4.69) is 28.2 Å². The first-order valence-electron chi connectivity index (χ1n) is 11.7. The average molecular weight is 467 g/mol. The highest BCUT2D eigenvalue weighted by Gasteiger charge is 2.10. The monoisotopic (exact) mass is 465 g/mol. The fraction of sp³-hybridized carbons (Fsp3) is 0.680. The maximum Gasteiger partial charge on any atom is 0.257 e. The second-order valence-corrected chi connectivity index (χ2v) is 9.00. The van der Waals surface area contributed by atoms with Gasteiger partial charge in [-0.1, -0.05) is 119 Å². The zero-order chi connectivity index (χ0) is 21.2. The summed E-state index contributed by atoms with van der Waals surface area (Å²) in [5, 5.41) is 2.47. The summed E-state index contributed by atoms with van der Waals surface area (Å²) < 4.78 is 0.833. The first-order valence-corrected chi connectivity index (χ1v) is 12.5. The smallest absolute Gasteiger partial charge is 0.257 e. The number of nitrogens with one attached hydrogen (secondary N) is 1. The Morgan fingerprint density at radius 1 is 0.759 bits per heavy atom. The zero-order valence-electron chi connectivity index (χ0n) is 18.3. The second kappa shape index (κ2) is 17.7. The molecule has 1 rings (SSSR count). The number of unbranched alkanes of at least 4 members (excludes halogenated alkanes) is 14. The summed E-state index contributed by atoms with van der Waals surface area (Å²) in [4.78, 5) is 23.9. The molecule has 3 nitrogen and oxygen atoms in total. The maximum absolute atomic E-state index is 12.0. The van der Waals surface area contributed by atoms with Crippen molar-refractivity contribution in [2.75, 3.05) is 0 Å². The molecule has 0 unspecified atom stereocenters. The minimum Gasteiger partial charge on any atom is -0.292 e. The molecule has 0 aliphatic heterocycles. The van der Waals surface area contributed by atoms with Crippen LogP contribution in [0.15, 0.2) is 28.7 Å². The van der Waals surface area contributed by atoms with E-state index in [1.165, 1.54) is 83.5 Å². The highest BCUT2D eigenvalue weighted by molar-refractivity contribution is 9.10. The number of halogens is 1. The van der Waals surface area contributed by atoms with E-state index in [0.29, 0.717) is 12.0 Å². The lowest BCUT2D eigenvalue weighted by Crippen LogP contribution is -2.30. The molecular weight excluding hydrogens is 426 g/mol. The Morgan fingerprint density at radius 2 is 1.24 bits per heavy atom. The Hall–Kier alpha value is -1.16. The van der Waals surface area contributed by atoms with Gasteiger partial charge in [0.05, 0.1) is 0 Å². The molecule has 1 aromatic carbocycles. The molecule has 29 heavy (non-hydrogen) atoms. The maximum atomic E-state index is 12.0. The van der Waals surface area contributed by atoms with Gasteiger partial charge in [-0.3, -0.25) is 14.9 Å². The number of benzene rings is 1. The number of carbonyl (C=O) groups excluding carboxylic acids is 2. The van der Waals surface area contributed by atoms with E-state index >= 15 is 0 Å². The van der Waals surface area contributed by atoms with Crippen molar-refractivity contribution in [1.29, 1.82) is 0 Å². The number of amides is 2. The van der Waals surface area contributed by atoms with Gasteiger partial charge in [0.2, 0.25) is 5.91 Å². The van der Waals surface area contributed by atoms with E-state index in [0.717, 1.165) is 17.3 Å². The van der Waals surface area contributed by atoms with Gasteiger partial charge < -0.3 is 0 Å². The van der Waals surface area contributed by atoms with Crippen LogP contribution in [0.4, 0.5) is 0 Å². The van der Waals surface area contributed by atoms with Crippen LogP contribution in [0.25, 0.3) is 0 Å². The normalized spacial score (nSPS) is 10.8. The lowest BCUT2D eigenvalue weighted by molar-refractivity contribution is -0.120. The van der Waals surface area contributed by atoms with Crippen molar-refractivity contribution < 1.29 is 9.59 Å². The number of rotatable bonds is 17. The van der Waals surface area contributed by atoms with Gasteiger partial charge in [-0.05, 0) is 24.6 Å². The van der Waals surface area contributed by atoms with E-state index in [9.17, 15) is 9.59 Å². The van der Waals surface area contributed by atoms with Crippen LogP contribution in [-0.4, -0.2) is 11.8 Å². The average Bonchev–Trinajstić information content (AvgIpc) is 2.71. The molecule has 2 amide bonds. The van der Waals surface area contributed by atoms with Crippen molar-refractivity contribution >= 4 is 27.7 Å². The SMILES string of the molecule is CCCCCCCCCCCCCCCCCC(=O)NC(=O)c1cccc(Br)c1. The Labute approximate surface area is 186 Å². The molecule has 0 radical (unpaired) electrons. The summed E-state index contributed by atoms with van der Waals surface area (Å²) in [6.45, 7) is 2.27. The van der Waals surface area contributed by atoms with Gasteiger partial charge in [-0.25, -0.2) is 0 Å². The zero-order valence-corrected chi connectivity index (χ0v) is 19.9. The molecule has 164 valence electrons. The van der Waals surface area contributed by atoms with E-state index in [1.807, 2.05) is 6.07 Å². The van der Waals surface area contributed by atoms with Crippen molar-refractivity contribution in [1.82, 2.24) is 5.32 Å². The van der Waals surface area contributed by atoms with Crippen LogP contribution in [-0.2, 0) is 4.79 Å². The van der Waals surface area contributed by atoms with Gasteiger partial charge in [-0.2, -0.15) is 0 Å². The van der Waals surface area contributed by atoms with Gasteiger partial charge in [0.15, 0.2) is 0 Å². The predicted molar refractivity (Wildman–Crippen MR) is 126 cm³/mol. The van der Waals surface area contributed by atoms with Crippen LogP contribution >= 0.6 is 15.9 Å². The van der Waals surface area contributed by atoms with Gasteiger partial charge in [0.1, 0.15) is 0 Å². The van der Waals surface area contributed by atoms with Gasteiger partial charge in [0, 0.05) is 16.5 Å². The lowest BCUT2D eigenvalue weighted by atomic mass is 10.0. The lowest BCUT2D eigenvalue weighted by Gasteiger charge is -2.05. The number of hydrogen-bond donors (Lipinski definition) is 1. The second-order valence-electron chi connectivity index (χ2n) is 8.09. The number of imide groups is 1. The minimum atomic E-state index is -0.322. The summed E-state index contributed by atoms with van der Waals surface area (Å²) in [5.41, 5.74) is 0.504. The van der Waals surface area contributed by atoms with E-state index in [1.54, 1.807) is 18.2 Å². The summed E-state index contributed by atoms with van der Waals surface area (Å²) in [5.74, 6) is -0.498. The Morgan fingerprint density at radius 3 is 1.72 bits per heavy atom. The predicted octanol–water partition coefficient (Wildman–Crippen LogP) is 7.97. The van der Waals surface area contributed by atoms with Crippen molar-refractivity contribution in [3.8, 4) is 0 Å². The third-order valence-corrected chi connectivity index (χ3v) is 5.84. The van der Waals surface area contributed by atoms with E-state index in [4.69, 9.17) is 0 Å². The fourth-order valence-electron chi connectivity index (χ4n) is 3.55. The highest BCUT2D eigenvalue weighted by atomic mass is 79.9. The van der Waals surface area contributed by atoms with Crippen LogP contribution in [0, 0.1) is 0 Å². The molecule has 1 aromatic rings. The quantitative estimate of drug-likeness (QED) is 0.237. The van der Waals surface area contributed by atoms with E-state index in [-0.39, 0.29) is 11.8 Å². The molecule has 0 aromatic heterocycles. The molecule has 0 atom stereocenters. The van der Waals surface area contributed by atoms with Gasteiger partial charge in [-0.15, -0.1) is 0 Å². The largest absolute Gasteiger partial charge is 0.292 e. The highest BCUT2D eigenvalue weighted by Crippen LogP contribution is 2.14. The molecule has 0 aliphatic carbocycles. The summed E-state index contributed by atoms with van der Waals surface area (Å²) in [6.07, 6.45) is 20.0. The van der Waals surface area contributed by atoms with Gasteiger partial charge in [0.25, 0.3) is 5.91 Å². The van der Waals surface area contributed by atoms with Crippen LogP contribution in [0.2, 0.25) is 0 Å². The van der Waals surface area contributed by atoms with Crippen LogP contribution < -0.4 is 5.32 Å². The molecule has 0 spiro atoms. The third kappa shape index (κ3) is 14.5. The fourth-order valence-corrected chi connectivity index (χ4v) is 3.95. The molecule has 0 aliphatic rings. The number of hydrogen-bond acceptors (Lipinski definition) is 2. The summed E-state index contributed by atoms with van der Waals surface area (Å²) in [6, 6.07) is 7.07. The first-order chi connectivity index (χ1) is 14.1. The topological polar surface area (TPSA) is 46.2 Å². The van der Waals surface area contributed by atoms with Gasteiger partial charge >= 0.3 is 0 Å². The standard InChI is InChI=1S/C25H40BrNO2/c1-2-3-4-5-6-7-8-9-10-11-12-13-14-15-16-20-24(28)27-25(29)22-18-17-19-23(26)21-22/h17-19,21H,2-16,20H2,1H3,(H,27,28,29). The van der Waals surface area contributed by atoms with Crippen molar-refractivity contribution in [2.45, 2.75) is 110 Å². The van der Waals surface area contributed by atoms with Crippen molar-refractivity contribution in [3.05, 3.63) is 34.3 Å².